The van der Waals surface area contributed by atoms with Gasteiger partial charge >= 0.3 is 11.9 Å². The van der Waals surface area contributed by atoms with Gasteiger partial charge < -0.3 is 20.8 Å². The predicted molar refractivity (Wildman–Crippen MR) is 90.6 cm³/mol. The molecule has 0 aliphatic heterocycles. The van der Waals surface area contributed by atoms with Crippen LogP contribution in [-0.4, -0.2) is 55.4 Å². The van der Waals surface area contributed by atoms with E-state index in [9.17, 15) is 9.59 Å². The highest BCUT2D eigenvalue weighted by molar-refractivity contribution is 8.23. The van der Waals surface area contributed by atoms with E-state index in [0.717, 1.165) is 0 Å². The van der Waals surface area contributed by atoms with E-state index in [1.807, 2.05) is 0 Å². The quantitative estimate of drug-likeness (QED) is 0.356. The maximum absolute atomic E-state index is 10.3. The van der Waals surface area contributed by atoms with Gasteiger partial charge in [0.25, 0.3) is 0 Å². The standard InChI is InChI=1S/C10H16N2O4S4/c13-7(14)1-5-19-9(17)11-3-4-12-10(18)20-6-2-8(15)16/h1-6H2,(H,11,17)(H,12,18)(H,13,14)(H,15,16). The fourth-order valence-electron chi connectivity index (χ4n) is 0.893. The molecular formula is C10H16N2O4S4. The summed E-state index contributed by atoms with van der Waals surface area (Å²) in [7, 11) is 0. The van der Waals surface area contributed by atoms with Crippen molar-refractivity contribution in [2.45, 2.75) is 12.8 Å². The van der Waals surface area contributed by atoms with Crippen molar-refractivity contribution in [2.24, 2.45) is 0 Å². The summed E-state index contributed by atoms with van der Waals surface area (Å²) >= 11 is 12.6. The molecule has 0 spiro atoms. The average Bonchev–Trinajstić information content (AvgIpc) is 2.33. The lowest BCUT2D eigenvalue weighted by Gasteiger charge is -2.09. The van der Waals surface area contributed by atoms with Gasteiger partial charge in [0.05, 0.1) is 12.8 Å². The summed E-state index contributed by atoms with van der Waals surface area (Å²) in [6, 6.07) is 0. The van der Waals surface area contributed by atoms with Crippen LogP contribution in [0, 0.1) is 0 Å². The number of thiocarbonyl (C=S) groups is 2. The van der Waals surface area contributed by atoms with Crippen molar-refractivity contribution in [3.8, 4) is 0 Å². The molecule has 0 amide bonds. The van der Waals surface area contributed by atoms with Crippen molar-refractivity contribution >= 4 is 68.5 Å². The number of nitrogens with one attached hydrogen (secondary N) is 2. The lowest BCUT2D eigenvalue weighted by molar-refractivity contribution is -0.137. The van der Waals surface area contributed by atoms with E-state index in [0.29, 0.717) is 33.2 Å². The van der Waals surface area contributed by atoms with Crippen molar-refractivity contribution in [2.75, 3.05) is 24.6 Å². The summed E-state index contributed by atoms with van der Waals surface area (Å²) in [5.41, 5.74) is 0. The van der Waals surface area contributed by atoms with Crippen LogP contribution >= 0.6 is 48.0 Å². The van der Waals surface area contributed by atoms with Gasteiger partial charge in [0.15, 0.2) is 0 Å². The topological polar surface area (TPSA) is 98.7 Å². The summed E-state index contributed by atoms with van der Waals surface area (Å²) in [6.45, 7) is 1.14. The van der Waals surface area contributed by atoms with Gasteiger partial charge in [-0.05, 0) is 0 Å². The van der Waals surface area contributed by atoms with Crippen LogP contribution in [0.4, 0.5) is 0 Å². The number of aliphatic carboxylic acids is 2. The third-order valence-corrected chi connectivity index (χ3v) is 4.39. The lowest BCUT2D eigenvalue weighted by atomic mass is 10.5. The Bertz CT molecular complexity index is 331. The molecule has 4 N–H and O–H groups in total. The molecule has 20 heavy (non-hydrogen) atoms. The van der Waals surface area contributed by atoms with E-state index in [-0.39, 0.29) is 12.8 Å². The van der Waals surface area contributed by atoms with Crippen LogP contribution < -0.4 is 10.6 Å². The first kappa shape index (κ1) is 19.4. The molecule has 0 heterocycles. The fraction of sp³-hybridized carbons (Fsp3) is 0.600. The molecule has 0 radical (unpaired) electrons. The third-order valence-electron chi connectivity index (χ3n) is 1.76. The van der Waals surface area contributed by atoms with Gasteiger partial charge in [0.1, 0.15) is 8.64 Å². The Morgan fingerprint density at radius 2 is 1.20 bits per heavy atom. The molecule has 0 rings (SSSR count). The molecule has 114 valence electrons. The highest BCUT2D eigenvalue weighted by atomic mass is 32.2. The number of thioether (sulfide) groups is 2. The van der Waals surface area contributed by atoms with Gasteiger partial charge in [-0.1, -0.05) is 48.0 Å². The Kier molecular flexibility index (Phi) is 11.8. The molecule has 0 aliphatic rings. The van der Waals surface area contributed by atoms with Crippen molar-refractivity contribution < 1.29 is 19.8 Å². The van der Waals surface area contributed by atoms with E-state index < -0.39 is 11.9 Å². The fourth-order valence-corrected chi connectivity index (χ4v) is 2.93. The van der Waals surface area contributed by atoms with E-state index in [1.54, 1.807) is 0 Å². The average molecular weight is 357 g/mol. The molecule has 0 aromatic rings. The maximum Gasteiger partial charge on any atom is 0.304 e. The zero-order valence-electron chi connectivity index (χ0n) is 10.6. The monoisotopic (exact) mass is 356 g/mol. The van der Waals surface area contributed by atoms with Gasteiger partial charge in [-0.3, -0.25) is 9.59 Å². The van der Waals surface area contributed by atoms with E-state index in [1.165, 1.54) is 23.5 Å². The summed E-state index contributed by atoms with van der Waals surface area (Å²) in [6.07, 6.45) is 0.157. The number of carbonyl (C=O) groups is 2. The minimum atomic E-state index is -0.842. The number of hydrogen-bond acceptors (Lipinski definition) is 6. The highest BCUT2D eigenvalue weighted by Gasteiger charge is 2.02. The largest absolute Gasteiger partial charge is 0.481 e. The Hall–Kier alpha value is -0.580. The normalized spacial score (nSPS) is 9.80. The van der Waals surface area contributed by atoms with Crippen molar-refractivity contribution in [1.82, 2.24) is 10.6 Å². The first-order valence-electron chi connectivity index (χ1n) is 5.66. The van der Waals surface area contributed by atoms with Crippen LogP contribution in [-0.2, 0) is 9.59 Å². The van der Waals surface area contributed by atoms with Crippen LogP contribution in [0.15, 0.2) is 0 Å². The second-order valence-corrected chi connectivity index (χ2v) is 6.96. The van der Waals surface area contributed by atoms with Gasteiger partial charge in [-0.25, -0.2) is 0 Å². The van der Waals surface area contributed by atoms with E-state index >= 15 is 0 Å². The Morgan fingerprint density at radius 3 is 1.50 bits per heavy atom. The number of hydrogen-bond donors (Lipinski definition) is 4. The second-order valence-electron chi connectivity index (χ2n) is 3.41. The molecule has 0 saturated heterocycles. The molecule has 0 bridgehead atoms. The summed E-state index contributed by atoms with van der Waals surface area (Å²) in [5.74, 6) is -0.799. The molecule has 0 fully saturated rings. The molecule has 0 aromatic carbocycles. The van der Waals surface area contributed by atoms with Gasteiger partial charge in [0, 0.05) is 24.6 Å². The van der Waals surface area contributed by atoms with Crippen molar-refractivity contribution in [3.05, 3.63) is 0 Å². The Labute approximate surface area is 136 Å². The lowest BCUT2D eigenvalue weighted by Crippen LogP contribution is -2.31. The second kappa shape index (κ2) is 12.2. The van der Waals surface area contributed by atoms with Crippen LogP contribution in [0.5, 0.6) is 0 Å². The zero-order valence-corrected chi connectivity index (χ0v) is 13.9. The molecule has 0 saturated carbocycles. The summed E-state index contributed by atoms with van der Waals surface area (Å²) < 4.78 is 1.11. The molecule has 10 heteroatoms. The number of carboxylic acid groups (broad SMARTS) is 2. The molecule has 0 unspecified atom stereocenters. The molecule has 6 nitrogen and oxygen atoms in total. The van der Waals surface area contributed by atoms with Gasteiger partial charge in [-0.15, -0.1) is 0 Å². The van der Waals surface area contributed by atoms with Crippen LogP contribution in [0.3, 0.4) is 0 Å². The first-order chi connectivity index (χ1) is 9.41. The third kappa shape index (κ3) is 13.8. The van der Waals surface area contributed by atoms with Gasteiger partial charge in [0.2, 0.25) is 0 Å². The summed E-state index contributed by atoms with van der Waals surface area (Å²) in [4.78, 5) is 20.6. The van der Waals surface area contributed by atoms with Crippen LogP contribution in [0.1, 0.15) is 12.8 Å². The van der Waals surface area contributed by atoms with Crippen LogP contribution in [0.2, 0.25) is 0 Å². The summed E-state index contributed by atoms with van der Waals surface area (Å²) in [5, 5.41) is 22.9. The minimum absolute atomic E-state index is 0.0784. The highest BCUT2D eigenvalue weighted by Crippen LogP contribution is 2.04. The minimum Gasteiger partial charge on any atom is -0.481 e. The first-order valence-corrected chi connectivity index (χ1v) is 8.45. The van der Waals surface area contributed by atoms with Crippen molar-refractivity contribution in [3.63, 3.8) is 0 Å². The zero-order chi connectivity index (χ0) is 15.4. The van der Waals surface area contributed by atoms with Crippen LogP contribution in [0.25, 0.3) is 0 Å². The smallest absolute Gasteiger partial charge is 0.304 e. The molecule has 0 aliphatic carbocycles. The molecular weight excluding hydrogens is 340 g/mol. The predicted octanol–water partition coefficient (Wildman–Crippen LogP) is 1.15. The maximum atomic E-state index is 10.3. The molecule has 0 atom stereocenters. The van der Waals surface area contributed by atoms with Crippen molar-refractivity contribution in [1.29, 1.82) is 0 Å². The SMILES string of the molecule is O=C(O)CCSC(=S)NCCNC(=S)SCCC(=O)O. The molecule has 0 aromatic heterocycles. The van der Waals surface area contributed by atoms with E-state index in [2.05, 4.69) is 10.6 Å². The van der Waals surface area contributed by atoms with Gasteiger partial charge in [-0.2, -0.15) is 0 Å². The number of carboxylic acids is 2. The Morgan fingerprint density at radius 1 is 0.850 bits per heavy atom. The van der Waals surface area contributed by atoms with E-state index in [4.69, 9.17) is 34.6 Å². The number of rotatable bonds is 9. The Balaban J connectivity index is 3.46.